The molecule has 0 saturated heterocycles. The van der Waals surface area contributed by atoms with Crippen LogP contribution in [0.5, 0.6) is 0 Å². The summed E-state index contributed by atoms with van der Waals surface area (Å²) in [5, 5.41) is 0. The zero-order valence-electron chi connectivity index (χ0n) is 11.8. The smallest absolute Gasteiger partial charge is 0.223 e. The fourth-order valence-corrected chi connectivity index (χ4v) is 2.87. The van der Waals surface area contributed by atoms with E-state index in [0.717, 1.165) is 30.0 Å². The number of rotatable bonds is 2. The maximum atomic E-state index is 5.87. The molecule has 20 heavy (non-hydrogen) atoms. The highest BCUT2D eigenvalue weighted by Gasteiger charge is 2.20. The summed E-state index contributed by atoms with van der Waals surface area (Å²) < 4.78 is 5.32. The molecular formula is C15H20N4O. The molecule has 0 atom stereocenters. The predicted molar refractivity (Wildman–Crippen MR) is 77.1 cm³/mol. The van der Waals surface area contributed by atoms with E-state index in [1.165, 1.54) is 25.7 Å². The van der Waals surface area contributed by atoms with Crippen LogP contribution >= 0.6 is 0 Å². The zero-order valence-corrected chi connectivity index (χ0v) is 11.8. The van der Waals surface area contributed by atoms with Crippen molar-refractivity contribution >= 4 is 5.95 Å². The van der Waals surface area contributed by atoms with Gasteiger partial charge in [-0.1, -0.05) is 25.7 Å². The molecule has 1 saturated carbocycles. The Morgan fingerprint density at radius 1 is 1.10 bits per heavy atom. The second kappa shape index (κ2) is 5.61. The van der Waals surface area contributed by atoms with Gasteiger partial charge in [0.15, 0.2) is 5.82 Å². The van der Waals surface area contributed by atoms with E-state index in [9.17, 15) is 0 Å². The lowest BCUT2D eigenvalue weighted by molar-refractivity contribution is 0.534. The average molecular weight is 272 g/mol. The van der Waals surface area contributed by atoms with Gasteiger partial charge in [0.05, 0.1) is 11.8 Å². The van der Waals surface area contributed by atoms with E-state index in [2.05, 4.69) is 15.0 Å². The molecule has 5 nitrogen and oxygen atoms in total. The summed E-state index contributed by atoms with van der Waals surface area (Å²) in [6, 6.07) is 1.88. The van der Waals surface area contributed by atoms with Crippen molar-refractivity contribution in [3.8, 4) is 11.4 Å². The van der Waals surface area contributed by atoms with E-state index in [1.807, 2.05) is 13.0 Å². The first-order valence-electron chi connectivity index (χ1n) is 7.30. The van der Waals surface area contributed by atoms with Gasteiger partial charge in [0.1, 0.15) is 11.6 Å². The fraction of sp³-hybridized carbons (Fsp3) is 0.533. The van der Waals surface area contributed by atoms with Crippen LogP contribution in [0.25, 0.3) is 11.4 Å². The lowest BCUT2D eigenvalue weighted by atomic mass is 9.99. The molecule has 2 heterocycles. The van der Waals surface area contributed by atoms with Crippen molar-refractivity contribution < 1.29 is 4.42 Å². The summed E-state index contributed by atoms with van der Waals surface area (Å²) in [7, 11) is 0. The Kier molecular flexibility index (Phi) is 3.67. The van der Waals surface area contributed by atoms with Crippen molar-refractivity contribution in [2.45, 2.75) is 51.4 Å². The third-order valence-electron chi connectivity index (χ3n) is 3.99. The molecule has 0 spiro atoms. The number of aromatic nitrogens is 3. The van der Waals surface area contributed by atoms with E-state index in [-0.39, 0.29) is 0 Å². The van der Waals surface area contributed by atoms with Crippen molar-refractivity contribution in [3.05, 3.63) is 23.9 Å². The van der Waals surface area contributed by atoms with Crippen LogP contribution in [0, 0.1) is 6.92 Å². The Morgan fingerprint density at radius 2 is 1.85 bits per heavy atom. The summed E-state index contributed by atoms with van der Waals surface area (Å²) in [6.07, 6.45) is 9.05. The molecule has 3 rings (SSSR count). The number of furan rings is 1. The van der Waals surface area contributed by atoms with Gasteiger partial charge in [-0.05, 0) is 25.8 Å². The molecule has 2 aromatic heterocycles. The number of anilines is 1. The number of nitrogens with zero attached hydrogens (tertiary/aromatic N) is 3. The average Bonchev–Trinajstić information content (AvgIpc) is 2.70. The number of hydrogen-bond acceptors (Lipinski definition) is 5. The van der Waals surface area contributed by atoms with E-state index < -0.39 is 0 Å². The van der Waals surface area contributed by atoms with Crippen LogP contribution in [-0.4, -0.2) is 15.0 Å². The molecule has 0 aromatic carbocycles. The molecule has 2 aromatic rings. The SMILES string of the molecule is Cc1occc1-c1nc(N)nc(C2CCCCCC2)n1. The van der Waals surface area contributed by atoms with Gasteiger partial charge in [-0.3, -0.25) is 0 Å². The molecule has 0 aliphatic heterocycles. The Bertz CT molecular complexity index is 585. The normalized spacial score (nSPS) is 17.1. The Balaban J connectivity index is 1.96. The summed E-state index contributed by atoms with van der Waals surface area (Å²) in [4.78, 5) is 13.3. The van der Waals surface area contributed by atoms with E-state index in [0.29, 0.717) is 17.7 Å². The third-order valence-corrected chi connectivity index (χ3v) is 3.99. The largest absolute Gasteiger partial charge is 0.469 e. The molecule has 0 amide bonds. The van der Waals surface area contributed by atoms with Gasteiger partial charge in [-0.25, -0.2) is 4.98 Å². The molecule has 2 N–H and O–H groups in total. The summed E-state index contributed by atoms with van der Waals surface area (Å²) in [6.45, 7) is 1.90. The molecule has 1 fully saturated rings. The third kappa shape index (κ3) is 2.66. The topological polar surface area (TPSA) is 77.8 Å². The summed E-state index contributed by atoms with van der Waals surface area (Å²) in [5.41, 5.74) is 6.77. The lowest BCUT2D eigenvalue weighted by Crippen LogP contribution is -2.09. The van der Waals surface area contributed by atoms with Crippen LogP contribution in [0.1, 0.15) is 56.0 Å². The molecule has 1 aliphatic carbocycles. The number of nitrogens with two attached hydrogens (primary N) is 1. The van der Waals surface area contributed by atoms with Crippen LogP contribution in [0.3, 0.4) is 0 Å². The monoisotopic (exact) mass is 272 g/mol. The van der Waals surface area contributed by atoms with Crippen LogP contribution in [0.15, 0.2) is 16.7 Å². The standard InChI is InChI=1S/C15H20N4O/c1-10-12(8-9-20-10)14-17-13(18-15(16)19-14)11-6-4-2-3-5-7-11/h8-9,11H,2-7H2,1H3,(H2,16,17,18,19). The van der Waals surface area contributed by atoms with Crippen LogP contribution in [0.2, 0.25) is 0 Å². The van der Waals surface area contributed by atoms with E-state index in [1.54, 1.807) is 6.26 Å². The number of aryl methyl sites for hydroxylation is 1. The van der Waals surface area contributed by atoms with Crippen molar-refractivity contribution in [3.63, 3.8) is 0 Å². The second-order valence-electron chi connectivity index (χ2n) is 5.45. The van der Waals surface area contributed by atoms with Gasteiger partial charge in [-0.15, -0.1) is 0 Å². The first kappa shape index (κ1) is 13.1. The first-order valence-corrected chi connectivity index (χ1v) is 7.30. The van der Waals surface area contributed by atoms with Crippen molar-refractivity contribution in [1.82, 2.24) is 15.0 Å². The van der Waals surface area contributed by atoms with Crippen LogP contribution in [0.4, 0.5) is 5.95 Å². The summed E-state index contributed by atoms with van der Waals surface area (Å²) in [5.74, 6) is 2.99. The fourth-order valence-electron chi connectivity index (χ4n) is 2.87. The molecule has 5 heteroatoms. The Hall–Kier alpha value is -1.91. The molecule has 0 unspecified atom stereocenters. The zero-order chi connectivity index (χ0) is 13.9. The van der Waals surface area contributed by atoms with Crippen LogP contribution < -0.4 is 5.73 Å². The lowest BCUT2D eigenvalue weighted by Gasteiger charge is -2.13. The molecular weight excluding hydrogens is 252 g/mol. The van der Waals surface area contributed by atoms with Gasteiger partial charge >= 0.3 is 0 Å². The quantitative estimate of drug-likeness (QED) is 0.847. The Labute approximate surface area is 118 Å². The summed E-state index contributed by atoms with van der Waals surface area (Å²) >= 11 is 0. The van der Waals surface area contributed by atoms with Gasteiger partial charge in [-0.2, -0.15) is 9.97 Å². The first-order chi connectivity index (χ1) is 9.74. The number of hydrogen-bond donors (Lipinski definition) is 1. The van der Waals surface area contributed by atoms with Gasteiger partial charge in [0.2, 0.25) is 5.95 Å². The van der Waals surface area contributed by atoms with E-state index in [4.69, 9.17) is 10.2 Å². The van der Waals surface area contributed by atoms with E-state index >= 15 is 0 Å². The minimum absolute atomic E-state index is 0.301. The van der Waals surface area contributed by atoms with Crippen molar-refractivity contribution in [1.29, 1.82) is 0 Å². The maximum Gasteiger partial charge on any atom is 0.223 e. The van der Waals surface area contributed by atoms with Crippen molar-refractivity contribution in [2.75, 3.05) is 5.73 Å². The van der Waals surface area contributed by atoms with Gasteiger partial charge in [0, 0.05) is 5.92 Å². The van der Waals surface area contributed by atoms with Crippen molar-refractivity contribution in [2.24, 2.45) is 0 Å². The highest BCUT2D eigenvalue weighted by molar-refractivity contribution is 5.57. The van der Waals surface area contributed by atoms with Crippen LogP contribution in [-0.2, 0) is 0 Å². The predicted octanol–water partition coefficient (Wildman–Crippen LogP) is 3.46. The highest BCUT2D eigenvalue weighted by Crippen LogP contribution is 2.31. The van der Waals surface area contributed by atoms with Gasteiger partial charge < -0.3 is 10.2 Å². The number of nitrogen functional groups attached to an aromatic ring is 1. The Morgan fingerprint density at radius 3 is 2.50 bits per heavy atom. The molecule has 0 bridgehead atoms. The molecule has 106 valence electrons. The molecule has 0 radical (unpaired) electrons. The minimum Gasteiger partial charge on any atom is -0.469 e. The molecule has 1 aliphatic rings. The van der Waals surface area contributed by atoms with Gasteiger partial charge in [0.25, 0.3) is 0 Å². The minimum atomic E-state index is 0.301. The highest BCUT2D eigenvalue weighted by atomic mass is 16.3. The second-order valence-corrected chi connectivity index (χ2v) is 5.45. The maximum absolute atomic E-state index is 5.87.